The number of unbranched alkanes of at least 4 members (excludes halogenated alkanes) is 2. The molecule has 0 aliphatic heterocycles. The number of thioether (sulfide) groups is 1. The molecule has 0 aromatic heterocycles. The highest BCUT2D eigenvalue weighted by atomic mass is 32.2. The number of thiol groups is 1. The minimum atomic E-state index is 0.611. The Morgan fingerprint density at radius 1 is 1.21 bits per heavy atom. The normalized spacial score (nSPS) is 20.1. The first kappa shape index (κ1) is 12.8. The van der Waals surface area contributed by atoms with Crippen LogP contribution in [0.3, 0.4) is 0 Å². The molecule has 1 aliphatic rings. The Hall–Kier alpha value is 0.700. The van der Waals surface area contributed by atoms with E-state index in [1.165, 1.54) is 56.5 Å². The van der Waals surface area contributed by atoms with Crippen LogP contribution < -0.4 is 0 Å². The second-order valence-corrected chi connectivity index (χ2v) is 6.05. The van der Waals surface area contributed by atoms with Crippen molar-refractivity contribution in [2.24, 2.45) is 5.41 Å². The smallest absolute Gasteiger partial charge is 0.000300 e. The summed E-state index contributed by atoms with van der Waals surface area (Å²) in [5.41, 5.74) is 0.611. The van der Waals surface area contributed by atoms with E-state index in [4.69, 9.17) is 0 Å². The molecule has 0 spiro atoms. The van der Waals surface area contributed by atoms with Crippen molar-refractivity contribution < 1.29 is 0 Å². The summed E-state index contributed by atoms with van der Waals surface area (Å²) in [4.78, 5) is 0. The molecule has 0 saturated heterocycles. The molecule has 0 aromatic carbocycles. The fraction of sp³-hybridized carbons (Fsp3) is 1.00. The average molecular weight is 232 g/mol. The van der Waals surface area contributed by atoms with Crippen molar-refractivity contribution in [3.8, 4) is 0 Å². The zero-order valence-corrected chi connectivity index (χ0v) is 11.1. The molecule has 84 valence electrons. The van der Waals surface area contributed by atoms with Crippen molar-refractivity contribution in [1.82, 2.24) is 0 Å². The zero-order valence-electron chi connectivity index (χ0n) is 9.43. The highest BCUT2D eigenvalue weighted by Crippen LogP contribution is 2.41. The van der Waals surface area contributed by atoms with Crippen LogP contribution in [0, 0.1) is 5.41 Å². The molecule has 0 amide bonds. The van der Waals surface area contributed by atoms with Gasteiger partial charge in [-0.25, -0.2) is 0 Å². The van der Waals surface area contributed by atoms with Crippen molar-refractivity contribution in [2.75, 3.05) is 17.3 Å². The van der Waals surface area contributed by atoms with Gasteiger partial charge in [0.2, 0.25) is 0 Å². The van der Waals surface area contributed by atoms with E-state index in [0.29, 0.717) is 5.41 Å². The Morgan fingerprint density at radius 2 is 1.93 bits per heavy atom. The quantitative estimate of drug-likeness (QED) is 0.501. The third kappa shape index (κ3) is 4.06. The minimum absolute atomic E-state index is 0.611. The number of hydrogen-bond acceptors (Lipinski definition) is 2. The van der Waals surface area contributed by atoms with Gasteiger partial charge in [0.25, 0.3) is 0 Å². The molecule has 0 atom stereocenters. The molecule has 0 radical (unpaired) electrons. The van der Waals surface area contributed by atoms with E-state index in [2.05, 4.69) is 31.3 Å². The lowest BCUT2D eigenvalue weighted by atomic mass is 9.91. The molecule has 0 N–H and O–H groups in total. The minimum Gasteiger partial charge on any atom is -0.179 e. The van der Waals surface area contributed by atoms with E-state index < -0.39 is 0 Å². The lowest BCUT2D eigenvalue weighted by molar-refractivity contribution is 0.403. The van der Waals surface area contributed by atoms with Crippen LogP contribution in [-0.2, 0) is 0 Å². The van der Waals surface area contributed by atoms with Gasteiger partial charge in [-0.1, -0.05) is 32.6 Å². The van der Waals surface area contributed by atoms with Crippen LogP contribution in [0.4, 0.5) is 0 Å². The summed E-state index contributed by atoms with van der Waals surface area (Å²) < 4.78 is 0. The SMILES string of the molecule is CCCCCSCC1(CS)CCCC1. The van der Waals surface area contributed by atoms with Gasteiger partial charge in [0.15, 0.2) is 0 Å². The molecule has 2 heteroatoms. The van der Waals surface area contributed by atoms with Crippen LogP contribution in [0.2, 0.25) is 0 Å². The van der Waals surface area contributed by atoms with E-state index in [9.17, 15) is 0 Å². The van der Waals surface area contributed by atoms with Crippen LogP contribution in [-0.4, -0.2) is 17.3 Å². The molecule has 0 nitrogen and oxygen atoms in total. The van der Waals surface area contributed by atoms with Crippen LogP contribution in [0.1, 0.15) is 51.9 Å². The van der Waals surface area contributed by atoms with Crippen molar-refractivity contribution in [3.05, 3.63) is 0 Å². The highest BCUT2D eigenvalue weighted by molar-refractivity contribution is 7.99. The maximum Gasteiger partial charge on any atom is -0.000300 e. The summed E-state index contributed by atoms with van der Waals surface area (Å²) in [5.74, 6) is 3.83. The van der Waals surface area contributed by atoms with Crippen molar-refractivity contribution >= 4 is 24.4 Å². The maximum absolute atomic E-state index is 4.53. The Bertz CT molecular complexity index is 139. The second kappa shape index (κ2) is 7.05. The summed E-state index contributed by atoms with van der Waals surface area (Å²) in [6.07, 6.45) is 9.89. The van der Waals surface area contributed by atoms with Crippen LogP contribution >= 0.6 is 24.4 Å². The summed E-state index contributed by atoms with van der Waals surface area (Å²) in [6.45, 7) is 2.27. The lowest BCUT2D eigenvalue weighted by Gasteiger charge is -2.26. The fourth-order valence-corrected chi connectivity index (χ4v) is 4.17. The Labute approximate surface area is 99.0 Å². The molecule has 0 bridgehead atoms. The van der Waals surface area contributed by atoms with Gasteiger partial charge in [-0.2, -0.15) is 24.4 Å². The number of rotatable bonds is 7. The molecule has 1 aliphatic carbocycles. The first-order chi connectivity index (χ1) is 6.83. The maximum atomic E-state index is 4.53. The van der Waals surface area contributed by atoms with Gasteiger partial charge < -0.3 is 0 Å². The molecular weight excluding hydrogens is 208 g/mol. The van der Waals surface area contributed by atoms with E-state index >= 15 is 0 Å². The largest absolute Gasteiger partial charge is 0.179 e. The van der Waals surface area contributed by atoms with Crippen LogP contribution in [0.25, 0.3) is 0 Å². The monoisotopic (exact) mass is 232 g/mol. The fourth-order valence-electron chi connectivity index (χ4n) is 2.22. The molecule has 0 aromatic rings. The Morgan fingerprint density at radius 3 is 2.50 bits per heavy atom. The van der Waals surface area contributed by atoms with Gasteiger partial charge in [-0.15, -0.1) is 0 Å². The molecule has 0 unspecified atom stereocenters. The van der Waals surface area contributed by atoms with Gasteiger partial charge in [-0.05, 0) is 41.9 Å². The predicted octanol–water partition coefficient (Wildman–Crippen LogP) is 4.40. The average Bonchev–Trinajstić information content (AvgIpc) is 2.67. The van der Waals surface area contributed by atoms with Gasteiger partial charge >= 0.3 is 0 Å². The van der Waals surface area contributed by atoms with Crippen LogP contribution in [0.5, 0.6) is 0 Å². The zero-order chi connectivity index (χ0) is 10.3. The van der Waals surface area contributed by atoms with E-state index in [1.807, 2.05) is 0 Å². The van der Waals surface area contributed by atoms with E-state index in [1.54, 1.807) is 0 Å². The van der Waals surface area contributed by atoms with E-state index in [-0.39, 0.29) is 0 Å². The Balaban J connectivity index is 2.08. The standard InChI is InChI=1S/C12H24S2/c1-2-3-6-9-14-11-12(10-13)7-4-5-8-12/h13H,2-11H2,1H3. The predicted molar refractivity (Wildman–Crippen MR) is 71.6 cm³/mol. The van der Waals surface area contributed by atoms with Gasteiger partial charge in [0.05, 0.1) is 0 Å². The van der Waals surface area contributed by atoms with Crippen molar-refractivity contribution in [3.63, 3.8) is 0 Å². The summed E-state index contributed by atoms with van der Waals surface area (Å²) in [5, 5.41) is 0. The van der Waals surface area contributed by atoms with Crippen LogP contribution in [0.15, 0.2) is 0 Å². The van der Waals surface area contributed by atoms with Gasteiger partial charge in [-0.3, -0.25) is 0 Å². The van der Waals surface area contributed by atoms with Gasteiger partial charge in [0, 0.05) is 0 Å². The van der Waals surface area contributed by atoms with E-state index in [0.717, 1.165) is 5.75 Å². The van der Waals surface area contributed by atoms with Crippen molar-refractivity contribution in [1.29, 1.82) is 0 Å². The Kier molecular flexibility index (Phi) is 6.43. The molecule has 14 heavy (non-hydrogen) atoms. The molecular formula is C12H24S2. The lowest BCUT2D eigenvalue weighted by Crippen LogP contribution is -2.21. The second-order valence-electron chi connectivity index (χ2n) is 4.62. The summed E-state index contributed by atoms with van der Waals surface area (Å²) in [7, 11) is 0. The molecule has 1 fully saturated rings. The van der Waals surface area contributed by atoms with Crippen molar-refractivity contribution in [2.45, 2.75) is 51.9 Å². The highest BCUT2D eigenvalue weighted by Gasteiger charge is 2.31. The first-order valence-corrected chi connectivity index (χ1v) is 7.80. The molecule has 1 rings (SSSR count). The first-order valence-electron chi connectivity index (χ1n) is 6.01. The molecule has 0 heterocycles. The summed E-state index contributed by atoms with van der Waals surface area (Å²) in [6, 6.07) is 0. The third-order valence-corrected chi connectivity index (χ3v) is 5.36. The van der Waals surface area contributed by atoms with Gasteiger partial charge in [0.1, 0.15) is 0 Å². The topological polar surface area (TPSA) is 0 Å². The molecule has 1 saturated carbocycles. The summed E-state index contributed by atoms with van der Waals surface area (Å²) >= 11 is 6.70. The third-order valence-electron chi connectivity index (χ3n) is 3.30. The number of hydrogen-bond donors (Lipinski definition) is 1.